The summed E-state index contributed by atoms with van der Waals surface area (Å²) in [5.41, 5.74) is 1.36. The fourth-order valence-corrected chi connectivity index (χ4v) is 2.34. The maximum Gasteiger partial charge on any atom is 0.0561 e. The standard InChI is InChI=1S/C14H21NO/c1-11-10-14(8-9-16-11)15-12(2)13-6-4-3-5-7-13/h3-7,11-12,14-15H,8-10H2,1-2H3/t11?,12-,14?/m0/s1. The molecular formula is C14H21NO. The van der Waals surface area contributed by atoms with Gasteiger partial charge in [0.15, 0.2) is 0 Å². The molecule has 1 saturated heterocycles. The number of rotatable bonds is 3. The molecule has 1 aliphatic rings. The Bertz CT molecular complexity index is 312. The summed E-state index contributed by atoms with van der Waals surface area (Å²) in [5.74, 6) is 0. The lowest BCUT2D eigenvalue weighted by Crippen LogP contribution is -2.39. The molecule has 2 rings (SSSR count). The lowest BCUT2D eigenvalue weighted by Gasteiger charge is -2.30. The second-order valence-corrected chi connectivity index (χ2v) is 4.70. The Morgan fingerprint density at radius 2 is 2.06 bits per heavy atom. The third kappa shape index (κ3) is 3.06. The topological polar surface area (TPSA) is 21.3 Å². The van der Waals surface area contributed by atoms with E-state index in [1.165, 1.54) is 5.56 Å². The van der Waals surface area contributed by atoms with Gasteiger partial charge in [0.25, 0.3) is 0 Å². The van der Waals surface area contributed by atoms with E-state index >= 15 is 0 Å². The van der Waals surface area contributed by atoms with E-state index in [9.17, 15) is 0 Å². The van der Waals surface area contributed by atoms with Crippen LogP contribution in [0.3, 0.4) is 0 Å². The van der Waals surface area contributed by atoms with Crippen molar-refractivity contribution in [3.63, 3.8) is 0 Å². The number of ether oxygens (including phenoxy) is 1. The summed E-state index contributed by atoms with van der Waals surface area (Å²) in [5, 5.41) is 3.69. The van der Waals surface area contributed by atoms with Crippen molar-refractivity contribution in [2.24, 2.45) is 0 Å². The average molecular weight is 219 g/mol. The third-order valence-corrected chi connectivity index (χ3v) is 3.27. The van der Waals surface area contributed by atoms with Crippen LogP contribution in [0.2, 0.25) is 0 Å². The summed E-state index contributed by atoms with van der Waals surface area (Å²) in [7, 11) is 0. The molecule has 16 heavy (non-hydrogen) atoms. The summed E-state index contributed by atoms with van der Waals surface area (Å²) in [6.45, 7) is 5.27. The van der Waals surface area contributed by atoms with Gasteiger partial charge in [0.05, 0.1) is 6.10 Å². The van der Waals surface area contributed by atoms with E-state index in [4.69, 9.17) is 4.74 Å². The Balaban J connectivity index is 1.89. The fourth-order valence-electron chi connectivity index (χ4n) is 2.34. The van der Waals surface area contributed by atoms with Gasteiger partial charge in [0, 0.05) is 18.7 Å². The van der Waals surface area contributed by atoms with Crippen LogP contribution >= 0.6 is 0 Å². The van der Waals surface area contributed by atoms with Crippen LogP contribution in [-0.4, -0.2) is 18.8 Å². The van der Waals surface area contributed by atoms with Gasteiger partial charge in [0.1, 0.15) is 0 Å². The van der Waals surface area contributed by atoms with Crippen molar-refractivity contribution in [2.45, 2.75) is 44.9 Å². The SMILES string of the molecule is CC1CC(N[C@@H](C)c2ccccc2)CCO1. The molecule has 1 N–H and O–H groups in total. The number of nitrogens with one attached hydrogen (secondary N) is 1. The third-order valence-electron chi connectivity index (χ3n) is 3.27. The first-order chi connectivity index (χ1) is 7.75. The zero-order chi connectivity index (χ0) is 11.4. The second kappa shape index (κ2) is 5.46. The molecule has 88 valence electrons. The van der Waals surface area contributed by atoms with Gasteiger partial charge < -0.3 is 10.1 Å². The molecule has 0 amide bonds. The highest BCUT2D eigenvalue weighted by atomic mass is 16.5. The van der Waals surface area contributed by atoms with Gasteiger partial charge in [-0.3, -0.25) is 0 Å². The summed E-state index contributed by atoms with van der Waals surface area (Å²) in [6, 6.07) is 11.6. The molecule has 1 aromatic carbocycles. The summed E-state index contributed by atoms with van der Waals surface area (Å²) >= 11 is 0. The molecule has 1 aromatic rings. The van der Waals surface area contributed by atoms with E-state index in [0.29, 0.717) is 18.2 Å². The second-order valence-electron chi connectivity index (χ2n) is 4.70. The first kappa shape index (κ1) is 11.6. The molecule has 0 bridgehead atoms. The van der Waals surface area contributed by atoms with Gasteiger partial charge >= 0.3 is 0 Å². The van der Waals surface area contributed by atoms with Gasteiger partial charge in [0.2, 0.25) is 0 Å². The Morgan fingerprint density at radius 3 is 2.75 bits per heavy atom. The van der Waals surface area contributed by atoms with Gasteiger partial charge in [-0.25, -0.2) is 0 Å². The molecule has 0 saturated carbocycles. The smallest absolute Gasteiger partial charge is 0.0561 e. The molecule has 1 fully saturated rings. The minimum Gasteiger partial charge on any atom is -0.378 e. The average Bonchev–Trinajstić information content (AvgIpc) is 2.30. The van der Waals surface area contributed by atoms with E-state index in [-0.39, 0.29) is 0 Å². The van der Waals surface area contributed by atoms with Crippen LogP contribution in [0, 0.1) is 0 Å². The van der Waals surface area contributed by atoms with Crippen molar-refractivity contribution >= 4 is 0 Å². The highest BCUT2D eigenvalue weighted by Gasteiger charge is 2.20. The van der Waals surface area contributed by atoms with E-state index in [0.717, 1.165) is 19.4 Å². The molecule has 2 heteroatoms. The molecule has 1 aliphatic heterocycles. The van der Waals surface area contributed by atoms with Crippen molar-refractivity contribution in [3.05, 3.63) is 35.9 Å². The molecule has 3 atom stereocenters. The zero-order valence-corrected chi connectivity index (χ0v) is 10.1. The minimum absolute atomic E-state index is 0.397. The monoisotopic (exact) mass is 219 g/mol. The van der Waals surface area contributed by atoms with Crippen LogP contribution in [0.4, 0.5) is 0 Å². The molecule has 1 heterocycles. The summed E-state index contributed by atoms with van der Waals surface area (Å²) in [4.78, 5) is 0. The van der Waals surface area contributed by atoms with Crippen LogP contribution < -0.4 is 5.32 Å². The first-order valence-corrected chi connectivity index (χ1v) is 6.18. The largest absolute Gasteiger partial charge is 0.378 e. The maximum absolute atomic E-state index is 5.56. The fraction of sp³-hybridized carbons (Fsp3) is 0.571. The zero-order valence-electron chi connectivity index (χ0n) is 10.1. The van der Waals surface area contributed by atoms with Gasteiger partial charge in [-0.05, 0) is 32.3 Å². The predicted molar refractivity (Wildman–Crippen MR) is 66.4 cm³/mol. The first-order valence-electron chi connectivity index (χ1n) is 6.18. The lowest BCUT2D eigenvalue weighted by atomic mass is 10.0. The van der Waals surface area contributed by atoms with Crippen molar-refractivity contribution < 1.29 is 4.74 Å². The molecule has 2 nitrogen and oxygen atoms in total. The molecule has 0 radical (unpaired) electrons. The maximum atomic E-state index is 5.56. The Kier molecular flexibility index (Phi) is 3.97. The molecular weight excluding hydrogens is 198 g/mol. The van der Waals surface area contributed by atoms with Gasteiger partial charge in [-0.1, -0.05) is 30.3 Å². The summed E-state index contributed by atoms with van der Waals surface area (Å²) in [6.07, 6.45) is 2.65. The molecule has 0 aliphatic carbocycles. The normalized spacial score (nSPS) is 27.6. The number of hydrogen-bond donors (Lipinski definition) is 1. The van der Waals surface area contributed by atoms with E-state index in [1.807, 2.05) is 0 Å². The van der Waals surface area contributed by atoms with Crippen LogP contribution in [0.1, 0.15) is 38.3 Å². The number of benzene rings is 1. The highest BCUT2D eigenvalue weighted by molar-refractivity contribution is 5.18. The van der Waals surface area contributed by atoms with Crippen molar-refractivity contribution in [1.29, 1.82) is 0 Å². The Hall–Kier alpha value is -0.860. The van der Waals surface area contributed by atoms with Crippen molar-refractivity contribution in [2.75, 3.05) is 6.61 Å². The van der Waals surface area contributed by atoms with E-state index < -0.39 is 0 Å². The van der Waals surface area contributed by atoms with Crippen molar-refractivity contribution in [1.82, 2.24) is 5.32 Å². The van der Waals surface area contributed by atoms with Gasteiger partial charge in [-0.2, -0.15) is 0 Å². The van der Waals surface area contributed by atoms with E-state index in [1.54, 1.807) is 0 Å². The molecule has 0 spiro atoms. The highest BCUT2D eigenvalue weighted by Crippen LogP contribution is 2.18. The predicted octanol–water partition coefficient (Wildman–Crippen LogP) is 2.90. The number of hydrogen-bond acceptors (Lipinski definition) is 2. The van der Waals surface area contributed by atoms with Crippen LogP contribution in [0.25, 0.3) is 0 Å². The summed E-state index contributed by atoms with van der Waals surface area (Å²) < 4.78 is 5.56. The lowest BCUT2D eigenvalue weighted by molar-refractivity contribution is 0.0116. The van der Waals surface area contributed by atoms with Crippen LogP contribution in [0.5, 0.6) is 0 Å². The van der Waals surface area contributed by atoms with Gasteiger partial charge in [-0.15, -0.1) is 0 Å². The Labute approximate surface area is 98.0 Å². The van der Waals surface area contributed by atoms with E-state index in [2.05, 4.69) is 49.5 Å². The quantitative estimate of drug-likeness (QED) is 0.844. The molecule has 2 unspecified atom stereocenters. The minimum atomic E-state index is 0.397. The van der Waals surface area contributed by atoms with Crippen LogP contribution in [-0.2, 0) is 4.74 Å². The van der Waals surface area contributed by atoms with Crippen molar-refractivity contribution in [3.8, 4) is 0 Å². The Morgan fingerprint density at radius 1 is 1.31 bits per heavy atom. The van der Waals surface area contributed by atoms with Crippen LogP contribution in [0.15, 0.2) is 30.3 Å². The molecule has 0 aromatic heterocycles.